The summed E-state index contributed by atoms with van der Waals surface area (Å²) >= 11 is 5.90. The van der Waals surface area contributed by atoms with Crippen molar-refractivity contribution in [3.8, 4) is 5.75 Å². The Bertz CT molecular complexity index is 779. The van der Waals surface area contributed by atoms with Crippen LogP contribution in [0.5, 0.6) is 5.75 Å². The highest BCUT2D eigenvalue weighted by atomic mass is 35.5. The predicted molar refractivity (Wildman–Crippen MR) is 103 cm³/mol. The molecule has 1 fully saturated rings. The quantitative estimate of drug-likeness (QED) is 0.762. The first-order valence-electron chi connectivity index (χ1n) is 9.37. The second kappa shape index (κ2) is 9.72. The first kappa shape index (κ1) is 19.6. The van der Waals surface area contributed by atoms with Gasteiger partial charge in [-0.2, -0.15) is 0 Å². The molecule has 6 heteroatoms. The van der Waals surface area contributed by atoms with Crippen molar-refractivity contribution in [1.29, 1.82) is 0 Å². The molecule has 1 saturated heterocycles. The molecule has 0 aromatic heterocycles. The van der Waals surface area contributed by atoms with Crippen LogP contribution in [0.3, 0.4) is 0 Å². The van der Waals surface area contributed by atoms with Crippen LogP contribution in [-0.2, 0) is 17.9 Å². The third-order valence-corrected chi connectivity index (χ3v) is 5.14. The molecule has 2 aromatic rings. The number of quaternary nitrogens is 1. The van der Waals surface area contributed by atoms with Crippen LogP contribution in [0.2, 0.25) is 5.02 Å². The van der Waals surface area contributed by atoms with E-state index in [-0.39, 0.29) is 17.5 Å². The molecule has 2 aromatic carbocycles. The molecule has 0 spiro atoms. The molecule has 1 amide bonds. The summed E-state index contributed by atoms with van der Waals surface area (Å²) in [5.74, 6) is -0.387. The minimum Gasteiger partial charge on any atom is -0.482 e. The van der Waals surface area contributed by atoms with Crippen LogP contribution < -0.4 is 15.0 Å². The molecule has 1 aliphatic heterocycles. The molecule has 144 valence electrons. The van der Waals surface area contributed by atoms with E-state index in [0.717, 1.165) is 18.2 Å². The Balaban J connectivity index is 1.51. The fourth-order valence-corrected chi connectivity index (χ4v) is 3.60. The number of piperidine rings is 1. The number of halogens is 2. The maximum atomic E-state index is 13.0. The number of hydrogen-bond acceptors (Lipinski definition) is 2. The summed E-state index contributed by atoms with van der Waals surface area (Å²) in [7, 11) is 0. The van der Waals surface area contributed by atoms with Gasteiger partial charge in [0.1, 0.15) is 18.1 Å². The summed E-state index contributed by atoms with van der Waals surface area (Å²) in [6, 6.07) is 12.1. The van der Waals surface area contributed by atoms with Gasteiger partial charge in [-0.3, -0.25) is 4.79 Å². The van der Waals surface area contributed by atoms with Crippen molar-refractivity contribution < 1.29 is 18.8 Å². The van der Waals surface area contributed by atoms with Crippen molar-refractivity contribution in [3.05, 3.63) is 64.4 Å². The lowest BCUT2D eigenvalue weighted by Gasteiger charge is -2.24. The number of carbonyl (C=O) groups excluding carboxylic acids is 1. The molecule has 1 heterocycles. The lowest BCUT2D eigenvalue weighted by Crippen LogP contribution is -3.11. The topological polar surface area (TPSA) is 42.8 Å². The molecule has 0 aliphatic carbocycles. The minimum atomic E-state index is -0.441. The van der Waals surface area contributed by atoms with E-state index in [0.29, 0.717) is 12.3 Å². The largest absolute Gasteiger partial charge is 0.482 e. The number of nitrogens with one attached hydrogen (secondary N) is 2. The molecule has 0 atom stereocenters. The van der Waals surface area contributed by atoms with E-state index in [1.165, 1.54) is 50.0 Å². The number of benzene rings is 2. The molecular formula is C21H25ClFN2O2+. The van der Waals surface area contributed by atoms with E-state index in [1.807, 2.05) is 12.1 Å². The van der Waals surface area contributed by atoms with E-state index < -0.39 is 5.82 Å². The van der Waals surface area contributed by atoms with Gasteiger partial charge in [-0.1, -0.05) is 35.9 Å². The number of ether oxygens (including phenoxy) is 1. The summed E-state index contributed by atoms with van der Waals surface area (Å²) in [5.41, 5.74) is 2.40. The lowest BCUT2D eigenvalue weighted by atomic mass is 10.0. The molecule has 0 bridgehead atoms. The van der Waals surface area contributed by atoms with E-state index >= 15 is 0 Å². The van der Waals surface area contributed by atoms with Crippen molar-refractivity contribution in [2.75, 3.05) is 19.7 Å². The maximum Gasteiger partial charge on any atom is 0.258 e. The van der Waals surface area contributed by atoms with Crippen LogP contribution in [0.15, 0.2) is 42.5 Å². The first-order chi connectivity index (χ1) is 13.1. The Kier molecular flexibility index (Phi) is 7.07. The van der Waals surface area contributed by atoms with Crippen molar-refractivity contribution in [1.82, 2.24) is 5.32 Å². The van der Waals surface area contributed by atoms with E-state index in [4.69, 9.17) is 16.3 Å². The zero-order valence-corrected chi connectivity index (χ0v) is 16.0. The second-order valence-electron chi connectivity index (χ2n) is 6.90. The van der Waals surface area contributed by atoms with Gasteiger partial charge in [-0.15, -0.1) is 0 Å². The fourth-order valence-electron chi connectivity index (χ4n) is 3.38. The summed E-state index contributed by atoms with van der Waals surface area (Å²) in [5, 5.41) is 3.04. The maximum absolute atomic E-state index is 13.0. The first-order valence-corrected chi connectivity index (χ1v) is 9.74. The van der Waals surface area contributed by atoms with Crippen LogP contribution in [0.25, 0.3) is 0 Å². The van der Waals surface area contributed by atoms with Gasteiger partial charge in [-0.25, -0.2) is 4.39 Å². The van der Waals surface area contributed by atoms with Gasteiger partial charge in [-0.05, 0) is 43.0 Å². The monoisotopic (exact) mass is 391 g/mol. The Labute approximate surface area is 164 Å². The van der Waals surface area contributed by atoms with Gasteiger partial charge in [0.25, 0.3) is 5.91 Å². The SMILES string of the molecule is O=C(COc1ccc(F)cc1Cl)NCc1ccccc1C[NH+]1CCCCC1. The van der Waals surface area contributed by atoms with E-state index in [2.05, 4.69) is 17.4 Å². The van der Waals surface area contributed by atoms with Gasteiger partial charge in [0.2, 0.25) is 0 Å². The molecule has 4 nitrogen and oxygen atoms in total. The highest BCUT2D eigenvalue weighted by molar-refractivity contribution is 6.32. The number of hydrogen-bond donors (Lipinski definition) is 2. The molecule has 0 radical (unpaired) electrons. The van der Waals surface area contributed by atoms with E-state index in [1.54, 1.807) is 4.90 Å². The Hall–Kier alpha value is -2.11. The van der Waals surface area contributed by atoms with Crippen LogP contribution in [0.1, 0.15) is 30.4 Å². The molecular weight excluding hydrogens is 367 g/mol. The summed E-state index contributed by atoms with van der Waals surface area (Å²) in [6.45, 7) is 3.72. The molecule has 0 saturated carbocycles. The average molecular weight is 392 g/mol. The third kappa shape index (κ3) is 5.94. The molecule has 27 heavy (non-hydrogen) atoms. The zero-order chi connectivity index (χ0) is 19.1. The minimum absolute atomic E-state index is 0.151. The van der Waals surface area contributed by atoms with Gasteiger partial charge >= 0.3 is 0 Å². The highest BCUT2D eigenvalue weighted by Gasteiger charge is 2.16. The number of amides is 1. The summed E-state index contributed by atoms with van der Waals surface area (Å²) < 4.78 is 18.4. The van der Waals surface area contributed by atoms with Crippen molar-refractivity contribution in [3.63, 3.8) is 0 Å². The fraction of sp³-hybridized carbons (Fsp3) is 0.381. The number of rotatable bonds is 7. The zero-order valence-electron chi connectivity index (χ0n) is 15.3. The van der Waals surface area contributed by atoms with Gasteiger partial charge in [0.15, 0.2) is 6.61 Å². The molecule has 0 unspecified atom stereocenters. The average Bonchev–Trinajstić information content (AvgIpc) is 2.67. The number of likely N-dealkylation sites (tertiary alicyclic amines) is 1. The van der Waals surface area contributed by atoms with Gasteiger partial charge < -0.3 is 15.0 Å². The van der Waals surface area contributed by atoms with Crippen LogP contribution in [-0.4, -0.2) is 25.6 Å². The Morgan fingerprint density at radius 1 is 1.11 bits per heavy atom. The number of carbonyl (C=O) groups is 1. The van der Waals surface area contributed by atoms with Gasteiger partial charge in [0.05, 0.1) is 18.1 Å². The van der Waals surface area contributed by atoms with E-state index in [9.17, 15) is 9.18 Å². The summed E-state index contributed by atoms with van der Waals surface area (Å²) in [4.78, 5) is 13.7. The van der Waals surface area contributed by atoms with Crippen LogP contribution >= 0.6 is 11.6 Å². The predicted octanol–water partition coefficient (Wildman–Crippen LogP) is 2.74. The van der Waals surface area contributed by atoms with Crippen LogP contribution in [0, 0.1) is 5.82 Å². The van der Waals surface area contributed by atoms with Gasteiger partial charge in [0, 0.05) is 12.1 Å². The smallest absolute Gasteiger partial charge is 0.258 e. The van der Waals surface area contributed by atoms with Crippen LogP contribution in [0.4, 0.5) is 4.39 Å². The van der Waals surface area contributed by atoms with Crippen molar-refractivity contribution in [2.45, 2.75) is 32.4 Å². The highest BCUT2D eigenvalue weighted by Crippen LogP contribution is 2.24. The normalized spacial score (nSPS) is 14.7. The van der Waals surface area contributed by atoms with Crippen molar-refractivity contribution in [2.24, 2.45) is 0 Å². The molecule has 2 N–H and O–H groups in total. The summed E-state index contributed by atoms with van der Waals surface area (Å²) in [6.07, 6.45) is 3.91. The Morgan fingerprint density at radius 3 is 2.59 bits per heavy atom. The molecule has 3 rings (SSSR count). The lowest BCUT2D eigenvalue weighted by molar-refractivity contribution is -0.918. The van der Waals surface area contributed by atoms with Crippen molar-refractivity contribution >= 4 is 17.5 Å². The second-order valence-corrected chi connectivity index (χ2v) is 7.30. The Morgan fingerprint density at radius 2 is 1.85 bits per heavy atom. The third-order valence-electron chi connectivity index (χ3n) is 4.85. The molecule has 1 aliphatic rings. The standard InChI is InChI=1S/C21H24ClFN2O2/c22-19-12-18(23)8-9-20(19)27-15-21(26)24-13-16-6-2-3-7-17(16)14-25-10-4-1-5-11-25/h2-3,6-9,12H,1,4-5,10-11,13-15H2,(H,24,26)/p+1.